The highest BCUT2D eigenvalue weighted by atomic mass is 16.5. The summed E-state index contributed by atoms with van der Waals surface area (Å²) >= 11 is 0. The Labute approximate surface area is 136 Å². The van der Waals surface area contributed by atoms with Crippen LogP contribution < -0.4 is 0 Å². The molecule has 2 aliphatic rings. The molecule has 2 fully saturated rings. The fraction of sp³-hybridized carbons (Fsp3) is 0.850. The quantitative estimate of drug-likeness (QED) is 0.513. The molecule has 0 radical (unpaired) electrons. The Hall–Kier alpha value is -0.790. The number of hydrogen-bond acceptors (Lipinski definition) is 2. The van der Waals surface area contributed by atoms with Crippen LogP contribution in [0.2, 0.25) is 0 Å². The minimum atomic E-state index is -0.506. The Morgan fingerprint density at radius 1 is 1.32 bits per heavy atom. The van der Waals surface area contributed by atoms with E-state index in [-0.39, 0.29) is 18.0 Å². The van der Waals surface area contributed by atoms with Gasteiger partial charge in [0.2, 0.25) is 0 Å². The Balaban J connectivity index is 2.11. The van der Waals surface area contributed by atoms with Crippen molar-refractivity contribution in [2.45, 2.75) is 73.8 Å². The van der Waals surface area contributed by atoms with Gasteiger partial charge < -0.3 is 4.74 Å². The summed E-state index contributed by atoms with van der Waals surface area (Å²) in [6.07, 6.45) is 5.80. The van der Waals surface area contributed by atoms with Crippen LogP contribution in [0.3, 0.4) is 0 Å². The molecule has 2 aliphatic carbocycles. The minimum Gasteiger partial charge on any atom is -0.461 e. The first-order valence-corrected chi connectivity index (χ1v) is 9.07. The van der Waals surface area contributed by atoms with Crippen LogP contribution in [-0.4, -0.2) is 12.1 Å². The summed E-state index contributed by atoms with van der Waals surface area (Å²) in [6.45, 7) is 15.0. The van der Waals surface area contributed by atoms with Crippen LogP contribution >= 0.6 is 0 Å². The maximum Gasteiger partial charge on any atom is 0.316 e. The monoisotopic (exact) mass is 306 g/mol. The largest absolute Gasteiger partial charge is 0.461 e. The number of esters is 1. The van der Waals surface area contributed by atoms with Crippen molar-refractivity contribution in [3.8, 4) is 0 Å². The molecule has 0 amide bonds. The van der Waals surface area contributed by atoms with Gasteiger partial charge in [-0.2, -0.15) is 0 Å². The van der Waals surface area contributed by atoms with Gasteiger partial charge in [0.05, 0.1) is 5.41 Å². The van der Waals surface area contributed by atoms with Gasteiger partial charge in [-0.3, -0.25) is 4.79 Å². The van der Waals surface area contributed by atoms with Gasteiger partial charge in [-0.1, -0.05) is 45.8 Å². The fourth-order valence-corrected chi connectivity index (χ4v) is 4.83. The molecule has 0 saturated heterocycles. The smallest absolute Gasteiger partial charge is 0.316 e. The molecule has 0 aromatic heterocycles. The van der Waals surface area contributed by atoms with E-state index in [0.717, 1.165) is 24.2 Å². The van der Waals surface area contributed by atoms with E-state index in [1.165, 1.54) is 18.4 Å². The molecule has 0 heterocycles. The first kappa shape index (κ1) is 17.6. The first-order chi connectivity index (χ1) is 10.2. The molecule has 22 heavy (non-hydrogen) atoms. The molecule has 6 atom stereocenters. The third-order valence-corrected chi connectivity index (χ3v) is 6.51. The lowest BCUT2D eigenvalue weighted by molar-refractivity contribution is -0.164. The van der Waals surface area contributed by atoms with E-state index in [1.54, 1.807) is 0 Å². The molecular formula is C20H34O2. The summed E-state index contributed by atoms with van der Waals surface area (Å²) in [5, 5.41) is 0. The van der Waals surface area contributed by atoms with Crippen molar-refractivity contribution in [3.05, 3.63) is 11.6 Å². The van der Waals surface area contributed by atoms with Crippen molar-refractivity contribution in [1.82, 2.24) is 0 Å². The van der Waals surface area contributed by atoms with Gasteiger partial charge in [-0.15, -0.1) is 0 Å². The number of fused-ring (bicyclic) bond motifs is 2. The predicted molar refractivity (Wildman–Crippen MR) is 91.4 cm³/mol. The summed E-state index contributed by atoms with van der Waals surface area (Å²) in [5.74, 6) is 3.13. The lowest BCUT2D eigenvalue weighted by atomic mass is 9.76. The average Bonchev–Trinajstić information content (AvgIpc) is 2.94. The van der Waals surface area contributed by atoms with Gasteiger partial charge in [-0.25, -0.2) is 0 Å². The van der Waals surface area contributed by atoms with Crippen LogP contribution in [-0.2, 0) is 9.53 Å². The lowest BCUT2D eigenvalue weighted by Gasteiger charge is -2.36. The molecule has 0 spiro atoms. The maximum atomic E-state index is 12.9. The Morgan fingerprint density at radius 3 is 2.41 bits per heavy atom. The molecule has 0 aliphatic heterocycles. The van der Waals surface area contributed by atoms with Crippen molar-refractivity contribution < 1.29 is 9.53 Å². The molecule has 0 N–H and O–H groups in total. The number of carbonyl (C=O) groups is 1. The molecule has 0 aromatic rings. The number of ether oxygens (including phenoxy) is 1. The van der Waals surface area contributed by atoms with Crippen molar-refractivity contribution >= 4 is 5.97 Å². The van der Waals surface area contributed by atoms with Gasteiger partial charge in [0.25, 0.3) is 0 Å². The minimum absolute atomic E-state index is 0.0243. The Kier molecular flexibility index (Phi) is 5.09. The molecular weight excluding hydrogens is 272 g/mol. The van der Waals surface area contributed by atoms with Gasteiger partial charge >= 0.3 is 5.97 Å². The molecule has 2 bridgehead atoms. The summed E-state index contributed by atoms with van der Waals surface area (Å²) in [4.78, 5) is 12.9. The number of hydrogen-bond donors (Lipinski definition) is 0. The van der Waals surface area contributed by atoms with Gasteiger partial charge in [0.1, 0.15) is 6.10 Å². The zero-order chi connectivity index (χ0) is 16.7. The topological polar surface area (TPSA) is 26.3 Å². The van der Waals surface area contributed by atoms with E-state index in [0.29, 0.717) is 5.92 Å². The maximum absolute atomic E-state index is 12.9. The van der Waals surface area contributed by atoms with Crippen LogP contribution in [0.4, 0.5) is 0 Å². The van der Waals surface area contributed by atoms with Gasteiger partial charge in [0.15, 0.2) is 0 Å². The van der Waals surface area contributed by atoms with Crippen LogP contribution in [0.5, 0.6) is 0 Å². The lowest BCUT2D eigenvalue weighted by Crippen LogP contribution is -2.39. The fourth-order valence-electron chi connectivity index (χ4n) is 4.83. The predicted octanol–water partition coefficient (Wildman–Crippen LogP) is 5.23. The third-order valence-electron chi connectivity index (χ3n) is 6.51. The SMILES string of the molecule is CCC1C(C)C2CC(OC(=O)C(C)(C=C(C)C)C(C)C)C1C2. The summed E-state index contributed by atoms with van der Waals surface area (Å²) in [5.41, 5.74) is 0.676. The normalized spacial score (nSPS) is 36.3. The van der Waals surface area contributed by atoms with E-state index in [4.69, 9.17) is 4.74 Å². The van der Waals surface area contributed by atoms with Crippen LogP contribution in [0.1, 0.15) is 67.7 Å². The second-order valence-corrected chi connectivity index (χ2v) is 8.43. The number of carbonyl (C=O) groups excluding carboxylic acids is 1. The highest BCUT2D eigenvalue weighted by molar-refractivity contribution is 5.79. The first-order valence-electron chi connectivity index (χ1n) is 9.07. The van der Waals surface area contributed by atoms with Crippen LogP contribution in [0.15, 0.2) is 11.6 Å². The van der Waals surface area contributed by atoms with Crippen LogP contribution in [0, 0.1) is 35.0 Å². The van der Waals surface area contributed by atoms with E-state index in [1.807, 2.05) is 6.92 Å². The second-order valence-electron chi connectivity index (χ2n) is 8.43. The highest BCUT2D eigenvalue weighted by Gasteiger charge is 2.52. The van der Waals surface area contributed by atoms with Crippen molar-refractivity contribution in [3.63, 3.8) is 0 Å². The van der Waals surface area contributed by atoms with Crippen molar-refractivity contribution in [2.24, 2.45) is 35.0 Å². The molecule has 2 heteroatoms. The molecule has 2 saturated carbocycles. The van der Waals surface area contributed by atoms with Crippen molar-refractivity contribution in [2.75, 3.05) is 0 Å². The molecule has 0 aromatic carbocycles. The molecule has 126 valence electrons. The standard InChI is InChI=1S/C20H34O2/c1-8-16-14(6)15-9-17(16)18(10-15)22-19(21)20(7,13(4)5)11-12(2)3/h11,13-18H,8-10H2,1-7H3. The van der Waals surface area contributed by atoms with Crippen LogP contribution in [0.25, 0.3) is 0 Å². The zero-order valence-electron chi connectivity index (χ0n) is 15.5. The van der Waals surface area contributed by atoms with E-state index in [9.17, 15) is 4.79 Å². The van der Waals surface area contributed by atoms with Gasteiger partial charge in [-0.05, 0) is 63.2 Å². The molecule has 6 unspecified atom stereocenters. The molecule has 2 nitrogen and oxygen atoms in total. The van der Waals surface area contributed by atoms with E-state index in [2.05, 4.69) is 47.6 Å². The molecule has 2 rings (SSSR count). The summed E-state index contributed by atoms with van der Waals surface area (Å²) in [6, 6.07) is 0. The van der Waals surface area contributed by atoms with E-state index < -0.39 is 5.41 Å². The van der Waals surface area contributed by atoms with E-state index >= 15 is 0 Å². The van der Waals surface area contributed by atoms with Gasteiger partial charge in [0, 0.05) is 0 Å². The average molecular weight is 306 g/mol. The summed E-state index contributed by atoms with van der Waals surface area (Å²) in [7, 11) is 0. The summed E-state index contributed by atoms with van der Waals surface area (Å²) < 4.78 is 6.07. The second kappa shape index (κ2) is 6.37. The Bertz CT molecular complexity index is 447. The Morgan fingerprint density at radius 2 is 1.95 bits per heavy atom. The zero-order valence-corrected chi connectivity index (χ0v) is 15.5. The number of rotatable bonds is 5. The third kappa shape index (κ3) is 2.98. The van der Waals surface area contributed by atoms with Crippen molar-refractivity contribution in [1.29, 1.82) is 0 Å². The number of allylic oxidation sites excluding steroid dienone is 1. The highest BCUT2D eigenvalue weighted by Crippen LogP contribution is 2.54.